The highest BCUT2D eigenvalue weighted by Gasteiger charge is 2.19. The lowest BCUT2D eigenvalue weighted by molar-refractivity contribution is 0.669. The third-order valence-electron chi connectivity index (χ3n) is 11.0. The predicted octanol–water partition coefficient (Wildman–Crippen LogP) is 14.9. The first-order chi connectivity index (χ1) is 26.2. The Balaban J connectivity index is 1.20. The molecular weight excluding hydrogens is 641 g/mol. The second-order valence-corrected chi connectivity index (χ2v) is 14.1. The van der Waals surface area contributed by atoms with Gasteiger partial charge in [-0.2, -0.15) is 0 Å². The molecule has 0 bridgehead atoms. The van der Waals surface area contributed by atoms with E-state index in [1.807, 2.05) is 6.07 Å². The van der Waals surface area contributed by atoms with Crippen molar-refractivity contribution in [3.63, 3.8) is 0 Å². The fraction of sp³-hybridized carbons (Fsp3) is 0. The van der Waals surface area contributed by atoms with Gasteiger partial charge in [-0.25, -0.2) is 0 Å². The van der Waals surface area contributed by atoms with Crippen LogP contribution in [0.3, 0.4) is 0 Å². The van der Waals surface area contributed by atoms with Gasteiger partial charge in [-0.05, 0) is 130 Å². The molecular formula is C52H32O. The monoisotopic (exact) mass is 672 g/mol. The van der Waals surface area contributed by atoms with Gasteiger partial charge in [0.25, 0.3) is 0 Å². The summed E-state index contributed by atoms with van der Waals surface area (Å²) in [6.45, 7) is 0. The first kappa shape index (κ1) is 29.7. The van der Waals surface area contributed by atoms with Crippen LogP contribution in [-0.2, 0) is 0 Å². The van der Waals surface area contributed by atoms with E-state index in [1.165, 1.54) is 87.6 Å². The molecule has 1 heteroatoms. The minimum absolute atomic E-state index is 0.905. The molecule has 11 rings (SSSR count). The van der Waals surface area contributed by atoms with E-state index in [2.05, 4.69) is 188 Å². The summed E-state index contributed by atoms with van der Waals surface area (Å²) >= 11 is 0. The van der Waals surface area contributed by atoms with Gasteiger partial charge in [0, 0.05) is 10.8 Å². The molecule has 0 fully saturated rings. The summed E-state index contributed by atoms with van der Waals surface area (Å²) in [4.78, 5) is 0. The van der Waals surface area contributed by atoms with Gasteiger partial charge < -0.3 is 4.42 Å². The summed E-state index contributed by atoms with van der Waals surface area (Å²) in [5.74, 6) is 0. The fourth-order valence-electron chi connectivity index (χ4n) is 8.45. The van der Waals surface area contributed by atoms with Crippen LogP contribution in [0.5, 0.6) is 0 Å². The Hall–Kier alpha value is -6.96. The van der Waals surface area contributed by atoms with E-state index in [0.29, 0.717) is 0 Å². The number of hydrogen-bond acceptors (Lipinski definition) is 1. The third kappa shape index (κ3) is 4.86. The van der Waals surface area contributed by atoms with Crippen LogP contribution in [0.25, 0.3) is 110 Å². The summed E-state index contributed by atoms with van der Waals surface area (Å²) in [5, 5.41) is 12.2. The van der Waals surface area contributed by atoms with Gasteiger partial charge in [-0.3, -0.25) is 0 Å². The average molecular weight is 673 g/mol. The Morgan fingerprint density at radius 1 is 0.226 bits per heavy atom. The Morgan fingerprint density at radius 3 is 1.40 bits per heavy atom. The van der Waals surface area contributed by atoms with E-state index in [9.17, 15) is 0 Å². The highest BCUT2D eigenvalue weighted by atomic mass is 16.3. The van der Waals surface area contributed by atoms with Crippen LogP contribution in [-0.4, -0.2) is 0 Å². The molecule has 10 aromatic carbocycles. The highest BCUT2D eigenvalue weighted by Crippen LogP contribution is 2.46. The lowest BCUT2D eigenvalue weighted by Crippen LogP contribution is -1.92. The zero-order valence-corrected chi connectivity index (χ0v) is 28.9. The maximum atomic E-state index is 6.28. The van der Waals surface area contributed by atoms with Crippen molar-refractivity contribution in [1.82, 2.24) is 0 Å². The molecule has 0 N–H and O–H groups in total. The number of hydrogen-bond donors (Lipinski definition) is 0. The molecule has 1 aromatic heterocycles. The van der Waals surface area contributed by atoms with Crippen molar-refractivity contribution in [2.75, 3.05) is 0 Å². The number of fused-ring (bicyclic) bond motifs is 7. The van der Waals surface area contributed by atoms with E-state index in [4.69, 9.17) is 4.42 Å². The number of benzene rings is 10. The summed E-state index contributed by atoms with van der Waals surface area (Å²) in [5.41, 5.74) is 11.5. The van der Waals surface area contributed by atoms with Gasteiger partial charge in [0.15, 0.2) is 0 Å². The smallest absolute Gasteiger partial charge is 0.135 e. The Morgan fingerprint density at radius 2 is 0.679 bits per heavy atom. The maximum Gasteiger partial charge on any atom is 0.135 e. The highest BCUT2D eigenvalue weighted by molar-refractivity contribution is 6.23. The molecule has 0 saturated carbocycles. The minimum Gasteiger partial charge on any atom is -0.456 e. The lowest BCUT2D eigenvalue weighted by atomic mass is 9.84. The first-order valence-electron chi connectivity index (χ1n) is 18.2. The number of furan rings is 1. The predicted molar refractivity (Wildman–Crippen MR) is 225 cm³/mol. The molecule has 0 unspecified atom stereocenters. The molecule has 1 nitrogen and oxygen atoms in total. The first-order valence-corrected chi connectivity index (χ1v) is 18.2. The topological polar surface area (TPSA) is 13.1 Å². The second-order valence-electron chi connectivity index (χ2n) is 14.1. The van der Waals surface area contributed by atoms with Crippen molar-refractivity contribution < 1.29 is 4.42 Å². The third-order valence-corrected chi connectivity index (χ3v) is 11.0. The van der Waals surface area contributed by atoms with Crippen molar-refractivity contribution >= 4 is 65.0 Å². The largest absolute Gasteiger partial charge is 0.456 e. The molecule has 246 valence electrons. The van der Waals surface area contributed by atoms with Gasteiger partial charge in [0.1, 0.15) is 11.2 Å². The molecule has 0 radical (unpaired) electrons. The lowest BCUT2D eigenvalue weighted by Gasteiger charge is -2.19. The molecule has 53 heavy (non-hydrogen) atoms. The number of rotatable bonds is 4. The van der Waals surface area contributed by atoms with E-state index in [1.54, 1.807) is 0 Å². The minimum atomic E-state index is 0.905. The quantitative estimate of drug-likeness (QED) is 0.170. The zero-order chi connectivity index (χ0) is 34.9. The Labute approximate surface area is 307 Å². The van der Waals surface area contributed by atoms with Gasteiger partial charge >= 0.3 is 0 Å². The summed E-state index contributed by atoms with van der Waals surface area (Å²) in [7, 11) is 0. The molecule has 0 spiro atoms. The Kier molecular flexibility index (Phi) is 6.62. The van der Waals surface area contributed by atoms with Crippen molar-refractivity contribution in [1.29, 1.82) is 0 Å². The summed E-state index contributed by atoms with van der Waals surface area (Å²) in [6, 6.07) is 70.8. The van der Waals surface area contributed by atoms with E-state index < -0.39 is 0 Å². The van der Waals surface area contributed by atoms with Crippen LogP contribution in [0.15, 0.2) is 199 Å². The van der Waals surface area contributed by atoms with Crippen molar-refractivity contribution in [3.8, 4) is 44.5 Å². The summed E-state index contributed by atoms with van der Waals surface area (Å²) < 4.78 is 6.28. The second kappa shape index (κ2) is 11.8. The van der Waals surface area contributed by atoms with Crippen LogP contribution in [0.1, 0.15) is 0 Å². The standard InChI is InChI=1S/C52H32O/c1-3-12-35-28-38(22-20-33(35)10-1)37-14-9-15-41(30-37)51-44-17-5-6-18-45(44)52(42-25-27-50-47(32-42)43-16-7-8-19-49(43)53-50)48-31-40(24-26-46(48)51)39-23-21-34-11-2-4-13-36(34)29-39/h1-32H. The zero-order valence-electron chi connectivity index (χ0n) is 28.9. The SMILES string of the molecule is c1cc(-c2ccc3ccccc3c2)cc(-c2c3ccccc3c(-c3ccc4oc5ccccc5c4c3)c3cc(-c4ccc5ccccc5c4)ccc23)c1. The van der Waals surface area contributed by atoms with Gasteiger partial charge in [-0.15, -0.1) is 0 Å². The van der Waals surface area contributed by atoms with Crippen molar-refractivity contribution in [2.24, 2.45) is 0 Å². The molecule has 0 aliphatic heterocycles. The average Bonchev–Trinajstić information content (AvgIpc) is 3.60. The van der Waals surface area contributed by atoms with Gasteiger partial charge in [-0.1, -0.05) is 152 Å². The van der Waals surface area contributed by atoms with E-state index >= 15 is 0 Å². The van der Waals surface area contributed by atoms with Crippen molar-refractivity contribution in [2.45, 2.75) is 0 Å². The van der Waals surface area contributed by atoms with Crippen LogP contribution >= 0.6 is 0 Å². The normalized spacial score (nSPS) is 11.8. The molecule has 0 aliphatic carbocycles. The molecule has 0 aliphatic rings. The molecule has 11 aromatic rings. The fourth-order valence-corrected chi connectivity index (χ4v) is 8.45. The van der Waals surface area contributed by atoms with Gasteiger partial charge in [0.2, 0.25) is 0 Å². The molecule has 0 atom stereocenters. The Bertz CT molecular complexity index is 3230. The maximum absolute atomic E-state index is 6.28. The molecule has 1 heterocycles. The van der Waals surface area contributed by atoms with Crippen molar-refractivity contribution in [3.05, 3.63) is 194 Å². The van der Waals surface area contributed by atoms with Crippen LogP contribution in [0.2, 0.25) is 0 Å². The van der Waals surface area contributed by atoms with Crippen LogP contribution in [0, 0.1) is 0 Å². The van der Waals surface area contributed by atoms with E-state index in [0.717, 1.165) is 21.9 Å². The van der Waals surface area contributed by atoms with Crippen LogP contribution < -0.4 is 0 Å². The molecule has 0 amide bonds. The van der Waals surface area contributed by atoms with E-state index in [-0.39, 0.29) is 0 Å². The molecule has 0 saturated heterocycles. The van der Waals surface area contributed by atoms with Crippen LogP contribution in [0.4, 0.5) is 0 Å². The van der Waals surface area contributed by atoms with Gasteiger partial charge in [0.05, 0.1) is 0 Å². The number of para-hydroxylation sites is 1. The summed E-state index contributed by atoms with van der Waals surface area (Å²) in [6.07, 6.45) is 0.